The molecule has 3 aliphatic heterocycles. The van der Waals surface area contributed by atoms with Gasteiger partial charge in [-0.15, -0.1) is 0 Å². The molecular formula is C15H17N3O3. The van der Waals surface area contributed by atoms with Gasteiger partial charge in [-0.2, -0.15) is 0 Å². The van der Waals surface area contributed by atoms with E-state index in [0.717, 1.165) is 12.8 Å². The van der Waals surface area contributed by atoms with Crippen LogP contribution in [0.15, 0.2) is 33.9 Å². The van der Waals surface area contributed by atoms with Gasteiger partial charge in [-0.25, -0.2) is 23.5 Å². The molecule has 1 saturated heterocycles. The lowest BCUT2D eigenvalue weighted by atomic mass is 9.51. The van der Waals surface area contributed by atoms with Gasteiger partial charge in [0.2, 0.25) is 0 Å². The highest BCUT2D eigenvalue weighted by Crippen LogP contribution is 2.67. The fraction of sp³-hybridized carbons (Fsp3) is 0.600. The Labute approximate surface area is 120 Å². The molecule has 6 heteroatoms. The van der Waals surface area contributed by atoms with Gasteiger partial charge in [-0.05, 0) is 12.8 Å². The van der Waals surface area contributed by atoms with Crippen molar-refractivity contribution in [2.45, 2.75) is 24.9 Å². The minimum atomic E-state index is -0.201. The minimum Gasteiger partial charge on any atom is -0.379 e. The molecule has 110 valence electrons. The summed E-state index contributed by atoms with van der Waals surface area (Å²) < 4.78 is 10.5. The average molecular weight is 287 g/mol. The van der Waals surface area contributed by atoms with Crippen molar-refractivity contribution in [3.05, 3.63) is 45.3 Å². The Bertz CT molecular complexity index is 761. The van der Waals surface area contributed by atoms with Gasteiger partial charge >= 0.3 is 11.4 Å². The van der Waals surface area contributed by atoms with Crippen LogP contribution in [-0.4, -0.2) is 27.1 Å². The molecule has 5 aliphatic rings. The van der Waals surface area contributed by atoms with Gasteiger partial charge in [-0.3, -0.25) is 0 Å². The summed E-state index contributed by atoms with van der Waals surface area (Å²) in [5.41, 5.74) is -0.759. The zero-order valence-corrected chi connectivity index (χ0v) is 11.9. The SMILES string of the molecule is Cn1c(=O)n2n(c1=O)[C@H]1CCC2C23C=CC=C[C@@]12COC3. The maximum absolute atomic E-state index is 12.5. The lowest BCUT2D eigenvalue weighted by Gasteiger charge is -2.59. The number of fused-ring (bicyclic) bond motifs is 1. The maximum atomic E-state index is 12.5. The zero-order chi connectivity index (χ0) is 14.4. The van der Waals surface area contributed by atoms with Gasteiger partial charge in [0, 0.05) is 17.9 Å². The van der Waals surface area contributed by atoms with Crippen LogP contribution in [0.1, 0.15) is 24.9 Å². The predicted molar refractivity (Wildman–Crippen MR) is 75.2 cm³/mol. The number of nitrogens with zero attached hydrogens (tertiary/aromatic N) is 3. The highest BCUT2D eigenvalue weighted by Gasteiger charge is 2.68. The van der Waals surface area contributed by atoms with E-state index in [-0.39, 0.29) is 34.3 Å². The smallest absolute Gasteiger partial charge is 0.347 e. The third-order valence-electron chi connectivity index (χ3n) is 6.14. The first-order chi connectivity index (χ1) is 10.1. The molecule has 1 aromatic rings. The molecule has 0 spiro atoms. The first-order valence-electron chi connectivity index (χ1n) is 7.47. The molecule has 0 radical (unpaired) electrons. The largest absolute Gasteiger partial charge is 0.379 e. The van der Waals surface area contributed by atoms with Crippen molar-refractivity contribution in [2.75, 3.05) is 13.2 Å². The molecule has 2 bridgehead atoms. The number of allylic oxidation sites excluding steroid dienone is 2. The molecule has 0 aromatic carbocycles. The van der Waals surface area contributed by atoms with Crippen LogP contribution < -0.4 is 11.4 Å². The topological polar surface area (TPSA) is 58.2 Å². The Morgan fingerprint density at radius 1 is 1.00 bits per heavy atom. The van der Waals surface area contributed by atoms with Crippen LogP contribution in [0.5, 0.6) is 0 Å². The van der Waals surface area contributed by atoms with E-state index in [0.29, 0.717) is 13.2 Å². The van der Waals surface area contributed by atoms with E-state index in [1.54, 1.807) is 16.4 Å². The van der Waals surface area contributed by atoms with Crippen molar-refractivity contribution in [1.29, 1.82) is 0 Å². The van der Waals surface area contributed by atoms with E-state index in [2.05, 4.69) is 24.3 Å². The molecular weight excluding hydrogens is 270 g/mol. The second kappa shape index (κ2) is 3.32. The zero-order valence-electron chi connectivity index (χ0n) is 11.9. The number of ether oxygens (including phenoxy) is 1. The summed E-state index contributed by atoms with van der Waals surface area (Å²) >= 11 is 0. The molecule has 2 aliphatic carbocycles. The van der Waals surface area contributed by atoms with Gasteiger partial charge in [-0.1, -0.05) is 24.3 Å². The molecule has 2 unspecified atom stereocenters. The molecule has 4 atom stereocenters. The molecule has 6 nitrogen and oxygen atoms in total. The first kappa shape index (κ1) is 11.8. The molecule has 21 heavy (non-hydrogen) atoms. The van der Waals surface area contributed by atoms with Crippen LogP contribution in [-0.2, 0) is 11.8 Å². The monoisotopic (exact) mass is 287 g/mol. The fourth-order valence-electron chi connectivity index (χ4n) is 5.21. The molecule has 6 rings (SSSR count). The summed E-state index contributed by atoms with van der Waals surface area (Å²) in [7, 11) is 1.57. The van der Waals surface area contributed by atoms with Crippen molar-refractivity contribution >= 4 is 0 Å². The van der Waals surface area contributed by atoms with E-state index in [1.165, 1.54) is 4.57 Å². The molecule has 1 aromatic heterocycles. The van der Waals surface area contributed by atoms with Gasteiger partial charge in [0.15, 0.2) is 0 Å². The second-order valence-corrected chi connectivity index (χ2v) is 6.71. The number of hydrogen-bond donors (Lipinski definition) is 0. The first-order valence-corrected chi connectivity index (χ1v) is 7.47. The van der Waals surface area contributed by atoms with Crippen LogP contribution >= 0.6 is 0 Å². The highest BCUT2D eigenvalue weighted by molar-refractivity contribution is 5.34. The lowest BCUT2D eigenvalue weighted by molar-refractivity contribution is -0.0588. The van der Waals surface area contributed by atoms with Crippen molar-refractivity contribution in [3.63, 3.8) is 0 Å². The highest BCUT2D eigenvalue weighted by atomic mass is 16.5. The quantitative estimate of drug-likeness (QED) is 0.692. The van der Waals surface area contributed by atoms with Gasteiger partial charge < -0.3 is 4.74 Å². The van der Waals surface area contributed by atoms with Gasteiger partial charge in [0.1, 0.15) is 0 Å². The van der Waals surface area contributed by atoms with Gasteiger partial charge in [0.25, 0.3) is 0 Å². The van der Waals surface area contributed by atoms with Crippen LogP contribution in [0.3, 0.4) is 0 Å². The molecule has 1 saturated carbocycles. The van der Waals surface area contributed by atoms with Crippen molar-refractivity contribution in [3.8, 4) is 0 Å². The van der Waals surface area contributed by atoms with Crippen molar-refractivity contribution < 1.29 is 4.74 Å². The Hall–Kier alpha value is -1.82. The number of hydrogen-bond acceptors (Lipinski definition) is 3. The molecule has 4 heterocycles. The Kier molecular flexibility index (Phi) is 1.87. The maximum Gasteiger partial charge on any atom is 0.347 e. The third-order valence-corrected chi connectivity index (χ3v) is 6.14. The number of aromatic nitrogens is 3. The van der Waals surface area contributed by atoms with Crippen molar-refractivity contribution in [1.82, 2.24) is 13.9 Å². The summed E-state index contributed by atoms with van der Waals surface area (Å²) in [6.45, 7) is 1.26. The lowest BCUT2D eigenvalue weighted by Crippen LogP contribution is -2.62. The summed E-state index contributed by atoms with van der Waals surface area (Å²) in [4.78, 5) is 25.0. The molecule has 2 fully saturated rings. The normalized spacial score (nSPS) is 42.0. The average Bonchev–Trinajstić information content (AvgIpc) is 3.03. The fourth-order valence-corrected chi connectivity index (χ4v) is 5.21. The van der Waals surface area contributed by atoms with E-state index in [9.17, 15) is 9.59 Å². The van der Waals surface area contributed by atoms with Gasteiger partial charge in [0.05, 0.1) is 25.3 Å². The Morgan fingerprint density at radius 3 is 1.95 bits per heavy atom. The second-order valence-electron chi connectivity index (χ2n) is 6.71. The van der Waals surface area contributed by atoms with Crippen LogP contribution in [0.2, 0.25) is 0 Å². The van der Waals surface area contributed by atoms with E-state index in [4.69, 9.17) is 4.74 Å². The van der Waals surface area contributed by atoms with Crippen LogP contribution in [0.4, 0.5) is 0 Å². The molecule has 0 N–H and O–H groups in total. The number of rotatable bonds is 0. The summed E-state index contributed by atoms with van der Waals surface area (Å²) in [6, 6.07) is 0.0141. The van der Waals surface area contributed by atoms with Crippen LogP contribution in [0.25, 0.3) is 0 Å². The minimum absolute atomic E-state index is 0.00704. The predicted octanol–water partition coefficient (Wildman–Crippen LogP) is 0.367. The summed E-state index contributed by atoms with van der Waals surface area (Å²) in [6.07, 6.45) is 10.4. The third kappa shape index (κ3) is 0.994. The van der Waals surface area contributed by atoms with Crippen molar-refractivity contribution in [2.24, 2.45) is 17.9 Å². The standard InChI is InChI=1S/C15H17N3O3/c1-16-12(19)17-10-4-5-11(18(17)13(16)20)15-7-3-2-6-14(10,15)8-21-9-15/h2-3,6-7,10-11H,4-5,8-9H2,1H3/t10-,11?,14+,15?/m0/s1. The van der Waals surface area contributed by atoms with E-state index < -0.39 is 0 Å². The summed E-state index contributed by atoms with van der Waals surface area (Å²) in [5.74, 6) is 0. The van der Waals surface area contributed by atoms with E-state index >= 15 is 0 Å². The van der Waals surface area contributed by atoms with Crippen LogP contribution in [0, 0.1) is 10.8 Å². The molecule has 0 amide bonds. The Balaban J connectivity index is 1.93. The summed E-state index contributed by atoms with van der Waals surface area (Å²) in [5, 5.41) is 0. The van der Waals surface area contributed by atoms with E-state index in [1.807, 2.05) is 0 Å². The Morgan fingerprint density at radius 2 is 1.48 bits per heavy atom.